The fourth-order valence-corrected chi connectivity index (χ4v) is 11.3. The van der Waals surface area contributed by atoms with Gasteiger partial charge in [-0.1, -0.05) is 96.9 Å². The molecule has 0 fully saturated rings. The number of fused-ring (bicyclic) bond motifs is 7. The highest BCUT2D eigenvalue weighted by Crippen LogP contribution is 2.48. The van der Waals surface area contributed by atoms with E-state index < -0.39 is 0 Å². The summed E-state index contributed by atoms with van der Waals surface area (Å²) in [6.45, 7) is 9.14. The zero-order valence-electron chi connectivity index (χ0n) is 25.3. The number of unbranched alkanes of at least 4 members (excludes halogenated alkanes) is 7. The maximum absolute atomic E-state index is 2.48. The summed E-state index contributed by atoms with van der Waals surface area (Å²) in [7, 11) is 0. The first-order valence-electron chi connectivity index (χ1n) is 15.7. The van der Waals surface area contributed by atoms with Crippen molar-refractivity contribution in [2.75, 3.05) is 0 Å². The Morgan fingerprint density at radius 1 is 0.548 bits per heavy atom. The van der Waals surface area contributed by atoms with Gasteiger partial charge in [-0.2, -0.15) is 0 Å². The van der Waals surface area contributed by atoms with Crippen molar-refractivity contribution < 1.29 is 0 Å². The summed E-state index contributed by atoms with van der Waals surface area (Å²) in [4.78, 5) is 2.92. The molecule has 0 aliphatic rings. The van der Waals surface area contributed by atoms with Gasteiger partial charge in [0.25, 0.3) is 0 Å². The smallest absolute Gasteiger partial charge is 0.0542 e. The molecule has 7 rings (SSSR count). The molecule has 0 unspecified atom stereocenters. The van der Waals surface area contributed by atoms with Gasteiger partial charge in [0.05, 0.1) is 9.40 Å². The van der Waals surface area contributed by atoms with Gasteiger partial charge in [-0.25, -0.2) is 0 Å². The number of hydrogen-bond donors (Lipinski definition) is 0. The molecule has 0 saturated carbocycles. The number of aryl methyl sites for hydroxylation is 1. The molecule has 0 nitrogen and oxygen atoms in total. The molecule has 0 aliphatic carbocycles. The molecule has 0 atom stereocenters. The summed E-state index contributed by atoms with van der Waals surface area (Å²) in [5.41, 5.74) is 2.89. The van der Waals surface area contributed by atoms with E-state index in [1.54, 1.807) is 4.88 Å². The summed E-state index contributed by atoms with van der Waals surface area (Å²) in [6.07, 6.45) is 12.3. The number of hydrogen-bond acceptors (Lipinski definition) is 4. The molecule has 4 heterocycles. The van der Waals surface area contributed by atoms with Crippen LogP contribution in [0.15, 0.2) is 60.7 Å². The molecule has 0 amide bonds. The normalized spacial score (nSPS) is 12.7. The molecule has 0 aliphatic heterocycles. The van der Waals surface area contributed by atoms with E-state index in [1.165, 1.54) is 124 Å². The average Bonchev–Trinajstić information content (AvgIpc) is 3.73. The zero-order chi connectivity index (χ0) is 28.8. The van der Waals surface area contributed by atoms with E-state index in [4.69, 9.17) is 0 Å². The monoisotopic (exact) mass is 624 g/mol. The van der Waals surface area contributed by atoms with Crippen LogP contribution in [0.2, 0.25) is 0 Å². The molecule has 0 spiro atoms. The molecule has 0 radical (unpaired) electrons. The highest BCUT2D eigenvalue weighted by Gasteiger charge is 2.17. The van der Waals surface area contributed by atoms with Crippen LogP contribution in [0.4, 0.5) is 0 Å². The molecular weight excluding hydrogens is 585 g/mol. The molecule has 42 heavy (non-hydrogen) atoms. The molecule has 4 heteroatoms. The highest BCUT2D eigenvalue weighted by atomic mass is 32.1. The Labute approximate surface area is 266 Å². The van der Waals surface area contributed by atoms with E-state index in [1.807, 2.05) is 45.3 Å². The number of benzene rings is 3. The van der Waals surface area contributed by atoms with Gasteiger partial charge in [0.15, 0.2) is 0 Å². The maximum Gasteiger partial charge on any atom is 0.0542 e. The van der Waals surface area contributed by atoms with Crippen molar-refractivity contribution in [1.82, 2.24) is 0 Å². The van der Waals surface area contributed by atoms with Gasteiger partial charge >= 0.3 is 0 Å². The van der Waals surface area contributed by atoms with E-state index in [0.717, 1.165) is 0 Å². The predicted octanol–water partition coefficient (Wildman–Crippen LogP) is 14.3. The summed E-state index contributed by atoms with van der Waals surface area (Å²) < 4.78 is 8.64. The first-order valence-corrected chi connectivity index (χ1v) is 19.0. The van der Waals surface area contributed by atoms with Gasteiger partial charge in [0.2, 0.25) is 0 Å². The van der Waals surface area contributed by atoms with Crippen LogP contribution in [-0.2, 0) is 11.8 Å². The Bertz CT molecular complexity index is 2000. The SMILES string of the molecule is CCCCCCCCCCc1cc2cc3c(cc2s1)sc1c2cc4cc(-c5ccc(C(C)(C)C)cc5)sc4cc2sc31. The molecule has 0 bridgehead atoms. The molecule has 4 aromatic heterocycles. The highest BCUT2D eigenvalue weighted by molar-refractivity contribution is 7.37. The summed E-state index contributed by atoms with van der Waals surface area (Å²) >= 11 is 7.92. The van der Waals surface area contributed by atoms with Crippen molar-refractivity contribution in [2.45, 2.75) is 90.9 Å². The van der Waals surface area contributed by atoms with E-state index in [2.05, 4.69) is 88.4 Å². The average molecular weight is 625 g/mol. The Hall–Kier alpha value is -2.24. The Morgan fingerprint density at radius 2 is 1.12 bits per heavy atom. The molecule has 3 aromatic carbocycles. The van der Waals surface area contributed by atoms with Crippen LogP contribution in [0.1, 0.15) is 89.5 Å². The molecule has 216 valence electrons. The third-order valence-corrected chi connectivity index (χ3v) is 13.5. The minimum absolute atomic E-state index is 0.184. The van der Waals surface area contributed by atoms with Crippen molar-refractivity contribution in [2.24, 2.45) is 0 Å². The van der Waals surface area contributed by atoms with Crippen molar-refractivity contribution >= 4 is 95.1 Å². The van der Waals surface area contributed by atoms with Crippen LogP contribution < -0.4 is 0 Å². The van der Waals surface area contributed by atoms with Crippen molar-refractivity contribution in [3.63, 3.8) is 0 Å². The lowest BCUT2D eigenvalue weighted by atomic mass is 9.86. The molecule has 7 aromatic rings. The standard InChI is InChI=1S/C38H40S4/c1-5-6-7-8-9-10-11-12-13-28-18-25-19-29-34(22-32(25)39-28)41-37-30-20-26-21-31(40-33(26)23-35(30)42-36(29)37)24-14-16-27(17-15-24)38(2,3)4/h14-23H,5-13H2,1-4H3. The summed E-state index contributed by atoms with van der Waals surface area (Å²) in [6, 6.07) is 23.9. The number of rotatable bonds is 10. The Balaban J connectivity index is 1.13. The van der Waals surface area contributed by atoms with Gasteiger partial charge < -0.3 is 0 Å². The second-order valence-corrected chi connectivity index (χ2v) is 17.4. The molecule has 0 N–H and O–H groups in total. The van der Waals surface area contributed by atoms with Crippen LogP contribution in [0.3, 0.4) is 0 Å². The lowest BCUT2D eigenvalue weighted by Gasteiger charge is -2.18. The van der Waals surface area contributed by atoms with Gasteiger partial charge in [0, 0.05) is 39.3 Å². The first-order chi connectivity index (χ1) is 20.4. The lowest BCUT2D eigenvalue weighted by molar-refractivity contribution is 0.576. The third kappa shape index (κ3) is 5.56. The zero-order valence-corrected chi connectivity index (χ0v) is 28.5. The third-order valence-electron chi connectivity index (χ3n) is 8.72. The van der Waals surface area contributed by atoms with Crippen molar-refractivity contribution in [1.29, 1.82) is 0 Å². The fraction of sp³-hybridized carbons (Fsp3) is 0.368. The van der Waals surface area contributed by atoms with Crippen LogP contribution >= 0.6 is 45.3 Å². The van der Waals surface area contributed by atoms with Gasteiger partial charge in [0.1, 0.15) is 0 Å². The van der Waals surface area contributed by atoms with E-state index in [-0.39, 0.29) is 5.41 Å². The van der Waals surface area contributed by atoms with Crippen LogP contribution in [-0.4, -0.2) is 0 Å². The van der Waals surface area contributed by atoms with E-state index in [9.17, 15) is 0 Å². The largest absolute Gasteiger partial charge is 0.140 e. The Morgan fingerprint density at radius 3 is 1.74 bits per heavy atom. The minimum Gasteiger partial charge on any atom is -0.140 e. The van der Waals surface area contributed by atoms with Crippen LogP contribution in [0.5, 0.6) is 0 Å². The fourth-order valence-electron chi connectivity index (χ4n) is 6.22. The first kappa shape index (κ1) is 28.5. The van der Waals surface area contributed by atoms with Crippen molar-refractivity contribution in [3.8, 4) is 10.4 Å². The van der Waals surface area contributed by atoms with Gasteiger partial charge in [-0.05, 0) is 76.6 Å². The van der Waals surface area contributed by atoms with E-state index >= 15 is 0 Å². The topological polar surface area (TPSA) is 0 Å². The summed E-state index contributed by atoms with van der Waals surface area (Å²) in [5, 5.41) is 5.67. The second kappa shape index (κ2) is 11.7. The minimum atomic E-state index is 0.184. The number of thiophene rings is 4. The molecular formula is C38H40S4. The second-order valence-electron chi connectivity index (χ2n) is 13.0. The van der Waals surface area contributed by atoms with E-state index in [0.29, 0.717) is 0 Å². The van der Waals surface area contributed by atoms with Gasteiger partial charge in [-0.3, -0.25) is 0 Å². The predicted molar refractivity (Wildman–Crippen MR) is 196 cm³/mol. The van der Waals surface area contributed by atoms with Crippen LogP contribution in [0, 0.1) is 0 Å². The lowest BCUT2D eigenvalue weighted by Crippen LogP contribution is -2.10. The van der Waals surface area contributed by atoms with Gasteiger partial charge in [-0.15, -0.1) is 45.3 Å². The summed E-state index contributed by atoms with van der Waals surface area (Å²) in [5.74, 6) is 0. The quantitative estimate of drug-likeness (QED) is 0.133. The molecule has 0 saturated heterocycles. The van der Waals surface area contributed by atoms with Crippen LogP contribution in [0.25, 0.3) is 60.2 Å². The van der Waals surface area contributed by atoms with Crippen molar-refractivity contribution in [3.05, 3.63) is 71.1 Å². The maximum atomic E-state index is 2.48. The Kier molecular flexibility index (Phi) is 7.94.